The van der Waals surface area contributed by atoms with Crippen LogP contribution in [0.5, 0.6) is 5.75 Å². The van der Waals surface area contributed by atoms with E-state index in [0.29, 0.717) is 17.0 Å². The summed E-state index contributed by atoms with van der Waals surface area (Å²) in [6, 6.07) is 12.2. The molecule has 2 aromatic rings. The molecule has 0 radical (unpaired) electrons. The van der Waals surface area contributed by atoms with E-state index in [9.17, 15) is 14.4 Å². The fraction of sp³-hybridized carbons (Fsp3) is 0.143. The van der Waals surface area contributed by atoms with Crippen LogP contribution in [0.2, 0.25) is 0 Å². The number of thiocarbonyl (C=S) groups is 1. The molecule has 0 aliphatic carbocycles. The second-order valence-electron chi connectivity index (χ2n) is 6.63. The van der Waals surface area contributed by atoms with Crippen molar-refractivity contribution in [3.8, 4) is 5.75 Å². The van der Waals surface area contributed by atoms with E-state index < -0.39 is 17.7 Å². The zero-order chi connectivity index (χ0) is 21.1. The molecule has 1 aliphatic rings. The highest BCUT2D eigenvalue weighted by Crippen LogP contribution is 2.24. The van der Waals surface area contributed by atoms with Gasteiger partial charge in [-0.3, -0.25) is 24.6 Å². The largest absolute Gasteiger partial charge is 0.484 e. The minimum atomic E-state index is -0.580. The zero-order valence-corrected chi connectivity index (χ0v) is 16.7. The molecule has 1 aliphatic heterocycles. The zero-order valence-electron chi connectivity index (χ0n) is 15.9. The van der Waals surface area contributed by atoms with E-state index in [1.165, 1.54) is 11.0 Å². The standard InChI is InChI=1S/C21H19N3O4S/c1-12-7-13(2)9-15(8-12)24-20(27)17(19(26)23-21(24)29)10-14-3-5-16(6-4-14)28-11-18(22)25/h3-10H,11H2,1-2H3,(H2,22,25)(H,23,26,29)/b17-10+. The molecule has 148 valence electrons. The summed E-state index contributed by atoms with van der Waals surface area (Å²) in [5.74, 6) is -1.20. The lowest BCUT2D eigenvalue weighted by molar-refractivity contribution is -0.122. The van der Waals surface area contributed by atoms with Gasteiger partial charge in [-0.1, -0.05) is 18.2 Å². The van der Waals surface area contributed by atoms with Gasteiger partial charge in [0, 0.05) is 0 Å². The molecule has 2 aromatic carbocycles. The second kappa shape index (κ2) is 8.24. The summed E-state index contributed by atoms with van der Waals surface area (Å²) in [6.07, 6.45) is 1.48. The van der Waals surface area contributed by atoms with Crippen molar-refractivity contribution in [3.05, 3.63) is 64.7 Å². The Bertz CT molecular complexity index is 1020. The fourth-order valence-corrected chi connectivity index (χ4v) is 3.23. The number of hydrogen-bond donors (Lipinski definition) is 2. The molecule has 0 spiro atoms. The number of rotatable bonds is 5. The van der Waals surface area contributed by atoms with Crippen molar-refractivity contribution < 1.29 is 19.1 Å². The number of aryl methyl sites for hydroxylation is 2. The van der Waals surface area contributed by atoms with Gasteiger partial charge in [0.15, 0.2) is 11.7 Å². The Morgan fingerprint density at radius 3 is 2.34 bits per heavy atom. The van der Waals surface area contributed by atoms with Gasteiger partial charge in [0.05, 0.1) is 5.69 Å². The van der Waals surface area contributed by atoms with Gasteiger partial charge < -0.3 is 10.5 Å². The molecule has 0 saturated carbocycles. The Morgan fingerprint density at radius 2 is 1.76 bits per heavy atom. The molecule has 3 N–H and O–H groups in total. The van der Waals surface area contributed by atoms with Gasteiger partial charge in [-0.2, -0.15) is 0 Å². The molecule has 0 aromatic heterocycles. The minimum absolute atomic E-state index is 0.0384. The molecule has 8 heteroatoms. The minimum Gasteiger partial charge on any atom is -0.484 e. The molecule has 1 fully saturated rings. The van der Waals surface area contributed by atoms with Crippen molar-refractivity contribution in [2.45, 2.75) is 13.8 Å². The van der Waals surface area contributed by atoms with Gasteiger partial charge in [-0.25, -0.2) is 0 Å². The molecule has 0 unspecified atom stereocenters. The van der Waals surface area contributed by atoms with Crippen molar-refractivity contribution in [1.82, 2.24) is 5.32 Å². The normalized spacial score (nSPS) is 15.4. The van der Waals surface area contributed by atoms with Crippen molar-refractivity contribution in [3.63, 3.8) is 0 Å². The number of benzene rings is 2. The topological polar surface area (TPSA) is 102 Å². The Hall–Kier alpha value is -3.52. The van der Waals surface area contributed by atoms with Gasteiger partial charge in [0.2, 0.25) is 0 Å². The molecule has 29 heavy (non-hydrogen) atoms. The first-order valence-corrected chi connectivity index (χ1v) is 9.16. The van der Waals surface area contributed by atoms with Crippen molar-refractivity contribution in [1.29, 1.82) is 0 Å². The quantitative estimate of drug-likeness (QED) is 0.447. The summed E-state index contributed by atoms with van der Waals surface area (Å²) in [5.41, 5.74) is 8.17. The predicted octanol–water partition coefficient (Wildman–Crippen LogP) is 2.00. The van der Waals surface area contributed by atoms with Crippen LogP contribution in [0, 0.1) is 13.8 Å². The van der Waals surface area contributed by atoms with E-state index in [-0.39, 0.29) is 17.3 Å². The van der Waals surface area contributed by atoms with E-state index in [2.05, 4.69) is 5.32 Å². The van der Waals surface area contributed by atoms with Gasteiger partial charge >= 0.3 is 0 Å². The summed E-state index contributed by atoms with van der Waals surface area (Å²) in [4.78, 5) is 37.5. The number of primary amides is 1. The van der Waals surface area contributed by atoms with Gasteiger partial charge in [0.25, 0.3) is 17.7 Å². The maximum Gasteiger partial charge on any atom is 0.270 e. The summed E-state index contributed by atoms with van der Waals surface area (Å²) >= 11 is 5.23. The Kier molecular flexibility index (Phi) is 5.74. The molecule has 3 amide bonds. The van der Waals surface area contributed by atoms with Crippen LogP contribution in [0.1, 0.15) is 16.7 Å². The van der Waals surface area contributed by atoms with Crippen LogP contribution in [0.25, 0.3) is 6.08 Å². The average Bonchev–Trinajstić information content (AvgIpc) is 2.63. The molecule has 1 saturated heterocycles. The van der Waals surface area contributed by atoms with Gasteiger partial charge in [-0.05, 0) is 73.1 Å². The third-order valence-electron chi connectivity index (χ3n) is 4.14. The first kappa shape index (κ1) is 20.2. The van der Waals surface area contributed by atoms with E-state index in [4.69, 9.17) is 22.7 Å². The van der Waals surface area contributed by atoms with Crippen LogP contribution in [0.4, 0.5) is 5.69 Å². The Morgan fingerprint density at radius 1 is 1.14 bits per heavy atom. The van der Waals surface area contributed by atoms with E-state index in [0.717, 1.165) is 11.1 Å². The number of anilines is 1. The van der Waals surface area contributed by atoms with Crippen LogP contribution in [-0.4, -0.2) is 29.4 Å². The highest BCUT2D eigenvalue weighted by Gasteiger charge is 2.34. The Balaban J connectivity index is 1.90. The number of nitrogens with two attached hydrogens (primary N) is 1. The molecule has 3 rings (SSSR count). The summed E-state index contributed by atoms with van der Waals surface area (Å²) in [6.45, 7) is 3.61. The van der Waals surface area contributed by atoms with Gasteiger partial charge in [0.1, 0.15) is 11.3 Å². The molecule has 0 bridgehead atoms. The molecule has 0 atom stereocenters. The molecular weight excluding hydrogens is 390 g/mol. The number of ether oxygens (including phenoxy) is 1. The lowest BCUT2D eigenvalue weighted by Crippen LogP contribution is -2.54. The second-order valence-corrected chi connectivity index (χ2v) is 7.01. The van der Waals surface area contributed by atoms with Crippen LogP contribution in [0.15, 0.2) is 48.0 Å². The number of carbonyl (C=O) groups excluding carboxylic acids is 3. The molecule has 1 heterocycles. The summed E-state index contributed by atoms with van der Waals surface area (Å²) in [5, 5.41) is 2.60. The monoisotopic (exact) mass is 409 g/mol. The Labute approximate surface area is 173 Å². The lowest BCUT2D eigenvalue weighted by atomic mass is 10.1. The van der Waals surface area contributed by atoms with Crippen LogP contribution in [-0.2, 0) is 14.4 Å². The highest BCUT2D eigenvalue weighted by atomic mass is 32.1. The van der Waals surface area contributed by atoms with Crippen molar-refractivity contribution in [2.75, 3.05) is 11.5 Å². The van der Waals surface area contributed by atoms with Crippen LogP contribution in [0.3, 0.4) is 0 Å². The molecular formula is C21H19N3O4S. The number of hydrogen-bond acceptors (Lipinski definition) is 5. The van der Waals surface area contributed by atoms with E-state index >= 15 is 0 Å². The van der Waals surface area contributed by atoms with Crippen LogP contribution < -0.4 is 20.7 Å². The number of carbonyl (C=O) groups is 3. The smallest absolute Gasteiger partial charge is 0.270 e. The van der Waals surface area contributed by atoms with Crippen molar-refractivity contribution >= 4 is 46.8 Å². The van der Waals surface area contributed by atoms with Crippen molar-refractivity contribution in [2.24, 2.45) is 5.73 Å². The average molecular weight is 409 g/mol. The predicted molar refractivity (Wildman–Crippen MR) is 113 cm³/mol. The first-order chi connectivity index (χ1) is 13.7. The lowest BCUT2D eigenvalue weighted by Gasteiger charge is -2.29. The van der Waals surface area contributed by atoms with Crippen LogP contribution >= 0.6 is 12.2 Å². The number of nitrogens with one attached hydrogen (secondary N) is 1. The number of amides is 3. The third kappa shape index (κ3) is 4.67. The summed E-state index contributed by atoms with van der Waals surface area (Å²) in [7, 11) is 0. The SMILES string of the molecule is Cc1cc(C)cc(N2C(=O)/C(=C/c3ccc(OCC(N)=O)cc3)C(=O)NC2=S)c1. The molecule has 7 nitrogen and oxygen atoms in total. The van der Waals surface area contributed by atoms with E-state index in [1.54, 1.807) is 24.3 Å². The van der Waals surface area contributed by atoms with E-state index in [1.807, 2.05) is 32.0 Å². The maximum atomic E-state index is 13.1. The maximum absolute atomic E-state index is 13.1. The third-order valence-corrected chi connectivity index (χ3v) is 4.42. The first-order valence-electron chi connectivity index (χ1n) is 8.75. The summed E-state index contributed by atoms with van der Waals surface area (Å²) < 4.78 is 5.20. The number of nitrogens with zero attached hydrogens (tertiary/aromatic N) is 1. The fourth-order valence-electron chi connectivity index (χ4n) is 2.95. The highest BCUT2D eigenvalue weighted by molar-refractivity contribution is 7.80. The van der Waals surface area contributed by atoms with Gasteiger partial charge in [-0.15, -0.1) is 0 Å².